The molecule has 3 heterocycles. The minimum atomic E-state index is -0.220. The van der Waals surface area contributed by atoms with Crippen molar-refractivity contribution in [2.75, 3.05) is 45.7 Å². The zero-order chi connectivity index (χ0) is 22.8. The Kier molecular flexibility index (Phi) is 5.93. The smallest absolute Gasteiger partial charge is 0.261 e. The van der Waals surface area contributed by atoms with Gasteiger partial charge in [0.25, 0.3) is 5.56 Å². The summed E-state index contributed by atoms with van der Waals surface area (Å²) in [5, 5.41) is 4.52. The van der Waals surface area contributed by atoms with Gasteiger partial charge in [-0.25, -0.2) is 4.98 Å². The van der Waals surface area contributed by atoms with Crippen LogP contribution in [0.4, 0.5) is 5.95 Å². The van der Waals surface area contributed by atoms with Crippen LogP contribution >= 0.6 is 0 Å². The zero-order valence-corrected chi connectivity index (χ0v) is 19.0. The van der Waals surface area contributed by atoms with Gasteiger partial charge in [-0.3, -0.25) is 14.7 Å². The first-order valence-corrected chi connectivity index (χ1v) is 11.2. The van der Waals surface area contributed by atoms with E-state index in [9.17, 15) is 4.79 Å². The third-order valence-corrected chi connectivity index (χ3v) is 6.18. The molecule has 2 aromatic heterocycles. The van der Waals surface area contributed by atoms with Crippen LogP contribution in [-0.4, -0.2) is 65.1 Å². The predicted octanol–water partition coefficient (Wildman–Crippen LogP) is 2.84. The van der Waals surface area contributed by atoms with E-state index in [0.717, 1.165) is 54.9 Å². The highest BCUT2D eigenvalue weighted by Crippen LogP contribution is 2.22. The number of pyridine rings is 1. The minimum absolute atomic E-state index is 0.220. The highest BCUT2D eigenvalue weighted by atomic mass is 16.5. The molecule has 1 aliphatic heterocycles. The Labute approximate surface area is 192 Å². The lowest BCUT2D eigenvalue weighted by Gasteiger charge is -2.32. The van der Waals surface area contributed by atoms with Crippen molar-refractivity contribution in [2.24, 2.45) is 0 Å². The van der Waals surface area contributed by atoms with Crippen molar-refractivity contribution in [3.05, 3.63) is 70.0 Å². The van der Waals surface area contributed by atoms with E-state index in [4.69, 9.17) is 4.74 Å². The van der Waals surface area contributed by atoms with E-state index in [1.807, 2.05) is 18.2 Å². The summed E-state index contributed by atoms with van der Waals surface area (Å²) >= 11 is 0. The van der Waals surface area contributed by atoms with Gasteiger partial charge in [0.15, 0.2) is 5.65 Å². The van der Waals surface area contributed by atoms with Gasteiger partial charge in [-0.1, -0.05) is 24.3 Å². The second kappa shape index (κ2) is 9.17. The molecule has 170 valence electrons. The van der Waals surface area contributed by atoms with Gasteiger partial charge >= 0.3 is 0 Å². The number of ether oxygens (including phenoxy) is 1. The second-order valence-electron chi connectivity index (χ2n) is 8.58. The SMILES string of the molecule is COc1ccc2nc3nc(NCc4ccc(CN5CCN(C)CC5)cc4)[nH]c(=O)c3cc2c1. The van der Waals surface area contributed by atoms with Gasteiger partial charge in [-0.15, -0.1) is 0 Å². The molecule has 0 amide bonds. The first-order chi connectivity index (χ1) is 16.1. The molecule has 0 spiro atoms. The van der Waals surface area contributed by atoms with E-state index in [-0.39, 0.29) is 5.56 Å². The summed E-state index contributed by atoms with van der Waals surface area (Å²) in [6, 6.07) is 16.0. The number of nitrogens with one attached hydrogen (secondary N) is 2. The highest BCUT2D eigenvalue weighted by molar-refractivity contribution is 5.91. The number of anilines is 1. The third kappa shape index (κ3) is 4.81. The number of fused-ring (bicyclic) bond motifs is 2. The standard InChI is InChI=1S/C25H28N6O2/c1-30-9-11-31(12-10-30)16-18-5-3-17(4-6-18)15-26-25-28-23-21(24(32)29-25)14-19-13-20(33-2)7-8-22(19)27-23/h3-8,13-14H,9-12,15-16H2,1-2H3,(H2,26,27,28,29,32). The van der Waals surface area contributed by atoms with E-state index in [2.05, 4.69) is 61.4 Å². The second-order valence-corrected chi connectivity index (χ2v) is 8.58. The summed E-state index contributed by atoms with van der Waals surface area (Å²) in [5.74, 6) is 1.13. The lowest BCUT2D eigenvalue weighted by atomic mass is 10.1. The van der Waals surface area contributed by atoms with Crippen LogP contribution in [0.5, 0.6) is 5.75 Å². The minimum Gasteiger partial charge on any atom is -0.497 e. The van der Waals surface area contributed by atoms with Gasteiger partial charge in [0.05, 0.1) is 18.0 Å². The molecule has 0 atom stereocenters. The van der Waals surface area contributed by atoms with E-state index in [1.165, 1.54) is 5.56 Å². The average molecular weight is 445 g/mol. The van der Waals surface area contributed by atoms with Crippen LogP contribution in [0.3, 0.4) is 0 Å². The molecular weight excluding hydrogens is 416 g/mol. The fourth-order valence-electron chi connectivity index (χ4n) is 4.13. The largest absolute Gasteiger partial charge is 0.497 e. The Morgan fingerprint density at radius 2 is 1.76 bits per heavy atom. The number of methoxy groups -OCH3 is 1. The first kappa shape index (κ1) is 21.4. The number of aromatic nitrogens is 3. The van der Waals surface area contributed by atoms with Crippen LogP contribution < -0.4 is 15.6 Å². The average Bonchev–Trinajstić information content (AvgIpc) is 2.84. The summed E-state index contributed by atoms with van der Waals surface area (Å²) in [4.78, 5) is 29.4. The van der Waals surface area contributed by atoms with Crippen molar-refractivity contribution in [3.63, 3.8) is 0 Å². The number of piperazine rings is 1. The van der Waals surface area contributed by atoms with E-state index >= 15 is 0 Å². The molecule has 5 rings (SSSR count). The Hall–Kier alpha value is -3.49. The molecule has 1 aliphatic rings. The molecule has 1 saturated heterocycles. The quantitative estimate of drug-likeness (QED) is 0.442. The Morgan fingerprint density at radius 1 is 1.00 bits per heavy atom. The maximum absolute atomic E-state index is 12.6. The molecule has 0 aliphatic carbocycles. The number of H-pyrrole nitrogens is 1. The van der Waals surface area contributed by atoms with Crippen LogP contribution in [0.25, 0.3) is 21.9 Å². The van der Waals surface area contributed by atoms with Crippen LogP contribution in [0.15, 0.2) is 53.3 Å². The summed E-state index contributed by atoms with van der Waals surface area (Å²) in [5.41, 5.74) is 3.40. The molecule has 0 radical (unpaired) electrons. The lowest BCUT2D eigenvalue weighted by molar-refractivity contribution is 0.148. The predicted molar refractivity (Wildman–Crippen MR) is 131 cm³/mol. The van der Waals surface area contributed by atoms with Crippen molar-refractivity contribution in [1.29, 1.82) is 0 Å². The highest BCUT2D eigenvalue weighted by Gasteiger charge is 2.14. The number of hydrogen-bond donors (Lipinski definition) is 2. The summed E-state index contributed by atoms with van der Waals surface area (Å²) in [6.45, 7) is 6.01. The molecular formula is C25H28N6O2. The van der Waals surface area contributed by atoms with E-state index < -0.39 is 0 Å². The van der Waals surface area contributed by atoms with Gasteiger partial charge < -0.3 is 15.0 Å². The first-order valence-electron chi connectivity index (χ1n) is 11.2. The van der Waals surface area contributed by atoms with Crippen LogP contribution in [0, 0.1) is 0 Å². The summed E-state index contributed by atoms with van der Waals surface area (Å²) in [7, 11) is 3.79. The van der Waals surface area contributed by atoms with E-state index in [1.54, 1.807) is 13.2 Å². The monoisotopic (exact) mass is 444 g/mol. The van der Waals surface area contributed by atoms with Crippen molar-refractivity contribution in [3.8, 4) is 5.75 Å². The van der Waals surface area contributed by atoms with Crippen molar-refractivity contribution in [2.45, 2.75) is 13.1 Å². The molecule has 4 aromatic rings. The van der Waals surface area contributed by atoms with Gasteiger partial charge in [-0.2, -0.15) is 4.98 Å². The van der Waals surface area contributed by atoms with Crippen LogP contribution in [-0.2, 0) is 13.1 Å². The van der Waals surface area contributed by atoms with Gasteiger partial charge in [0.1, 0.15) is 5.75 Å². The summed E-state index contributed by atoms with van der Waals surface area (Å²) in [6.07, 6.45) is 0. The third-order valence-electron chi connectivity index (χ3n) is 6.18. The number of benzene rings is 2. The molecule has 2 aromatic carbocycles. The lowest BCUT2D eigenvalue weighted by Crippen LogP contribution is -2.43. The number of rotatable bonds is 6. The topological polar surface area (TPSA) is 86.4 Å². The molecule has 8 heteroatoms. The molecule has 0 bridgehead atoms. The molecule has 1 fully saturated rings. The fraction of sp³-hybridized carbons (Fsp3) is 0.320. The summed E-state index contributed by atoms with van der Waals surface area (Å²) < 4.78 is 5.26. The molecule has 0 saturated carbocycles. The molecule has 0 unspecified atom stereocenters. The Morgan fingerprint density at radius 3 is 2.52 bits per heavy atom. The van der Waals surface area contributed by atoms with Gasteiger partial charge in [0, 0.05) is 44.7 Å². The maximum Gasteiger partial charge on any atom is 0.261 e. The van der Waals surface area contributed by atoms with Crippen molar-refractivity contribution >= 4 is 27.9 Å². The van der Waals surface area contributed by atoms with Crippen molar-refractivity contribution < 1.29 is 4.74 Å². The molecule has 33 heavy (non-hydrogen) atoms. The maximum atomic E-state index is 12.6. The number of hydrogen-bond acceptors (Lipinski definition) is 7. The number of likely N-dealkylation sites (N-methyl/N-ethyl adjacent to an activating group) is 1. The number of aromatic amines is 1. The van der Waals surface area contributed by atoms with Gasteiger partial charge in [0.2, 0.25) is 5.95 Å². The van der Waals surface area contributed by atoms with Crippen LogP contribution in [0.1, 0.15) is 11.1 Å². The van der Waals surface area contributed by atoms with E-state index in [0.29, 0.717) is 23.5 Å². The normalized spacial score (nSPS) is 15.2. The van der Waals surface area contributed by atoms with Crippen LogP contribution in [0.2, 0.25) is 0 Å². The number of nitrogens with zero attached hydrogens (tertiary/aromatic N) is 4. The molecule has 8 nitrogen and oxygen atoms in total. The Balaban J connectivity index is 1.28. The Bertz CT molecular complexity index is 1330. The zero-order valence-electron chi connectivity index (χ0n) is 19.0. The van der Waals surface area contributed by atoms with Gasteiger partial charge in [-0.05, 0) is 42.4 Å². The fourth-order valence-corrected chi connectivity index (χ4v) is 4.13. The molecule has 2 N–H and O–H groups in total. The van der Waals surface area contributed by atoms with Crippen molar-refractivity contribution in [1.82, 2.24) is 24.8 Å².